The van der Waals surface area contributed by atoms with Crippen molar-refractivity contribution in [3.8, 4) is 0 Å². The predicted molar refractivity (Wildman–Crippen MR) is 83.8 cm³/mol. The molecule has 0 amide bonds. The molecule has 0 spiro atoms. The van der Waals surface area contributed by atoms with E-state index in [2.05, 4.69) is 15.9 Å². The molecule has 1 unspecified atom stereocenters. The van der Waals surface area contributed by atoms with Crippen LogP contribution in [0.3, 0.4) is 0 Å². The molecule has 0 saturated carbocycles. The number of carbonyl (C=O) groups is 1. The lowest BCUT2D eigenvalue weighted by Gasteiger charge is -2.23. The minimum Gasteiger partial charge on any atom is -0.465 e. The van der Waals surface area contributed by atoms with E-state index in [1.165, 1.54) is 25.5 Å². The second-order valence-corrected chi connectivity index (χ2v) is 8.08. The number of halogens is 1. The van der Waals surface area contributed by atoms with Gasteiger partial charge in [0.1, 0.15) is 0 Å². The van der Waals surface area contributed by atoms with Crippen LogP contribution in [0.1, 0.15) is 28.8 Å². The molecule has 8 heteroatoms. The first-order valence-corrected chi connectivity index (χ1v) is 8.51. The molecule has 0 saturated heterocycles. The molecule has 116 valence electrons. The summed E-state index contributed by atoms with van der Waals surface area (Å²) in [5, 5.41) is 0. The zero-order valence-corrected chi connectivity index (χ0v) is 14.7. The third-order valence-electron chi connectivity index (χ3n) is 3.47. The fourth-order valence-electron chi connectivity index (χ4n) is 2.46. The van der Waals surface area contributed by atoms with Gasteiger partial charge in [-0.1, -0.05) is 22.9 Å². The van der Waals surface area contributed by atoms with Crippen molar-refractivity contribution in [2.45, 2.75) is 12.8 Å². The zero-order valence-electron chi connectivity index (χ0n) is 12.3. The fraction of sp³-hybridized carbons (Fsp3) is 0.462. The van der Waals surface area contributed by atoms with Crippen LogP contribution in [0.4, 0.5) is 5.69 Å². The SMILES string of the molecule is COC(=O)c1cc(Br)cc2c1C(C)CN2S(=O)(=O)N(C)C. The third kappa shape index (κ3) is 2.67. The second kappa shape index (κ2) is 5.58. The summed E-state index contributed by atoms with van der Waals surface area (Å²) < 4.78 is 32.8. The van der Waals surface area contributed by atoms with Crippen LogP contribution in [0.5, 0.6) is 0 Å². The number of anilines is 1. The van der Waals surface area contributed by atoms with Crippen molar-refractivity contribution in [1.29, 1.82) is 0 Å². The van der Waals surface area contributed by atoms with Crippen LogP contribution in [-0.4, -0.2) is 46.4 Å². The largest absolute Gasteiger partial charge is 0.465 e. The highest BCUT2D eigenvalue weighted by Crippen LogP contribution is 2.42. The summed E-state index contributed by atoms with van der Waals surface area (Å²) in [5.41, 5.74) is 1.62. The molecule has 0 aromatic heterocycles. The second-order valence-electron chi connectivity index (χ2n) is 5.10. The number of fused-ring (bicyclic) bond motifs is 1. The number of carbonyl (C=O) groups excluding carboxylic acids is 1. The lowest BCUT2D eigenvalue weighted by atomic mass is 9.97. The van der Waals surface area contributed by atoms with Crippen LogP contribution < -0.4 is 4.31 Å². The Hall–Kier alpha value is -1.12. The van der Waals surface area contributed by atoms with Gasteiger partial charge in [0.25, 0.3) is 0 Å². The van der Waals surface area contributed by atoms with Crippen LogP contribution in [0, 0.1) is 0 Å². The van der Waals surface area contributed by atoms with Crippen molar-refractivity contribution in [1.82, 2.24) is 4.31 Å². The molecule has 21 heavy (non-hydrogen) atoms. The van der Waals surface area contributed by atoms with Gasteiger partial charge in [-0.3, -0.25) is 4.31 Å². The highest BCUT2D eigenvalue weighted by atomic mass is 79.9. The standard InChI is InChI=1S/C13H17BrN2O4S/c1-8-7-16(21(18,19)15(2)3)11-6-9(14)5-10(12(8)11)13(17)20-4/h5-6,8H,7H2,1-4H3. The van der Waals surface area contributed by atoms with Gasteiger partial charge in [0.05, 0.1) is 18.4 Å². The number of ether oxygens (including phenoxy) is 1. The number of benzene rings is 1. The Bertz CT molecular complexity index is 688. The molecule has 0 bridgehead atoms. The highest BCUT2D eigenvalue weighted by Gasteiger charge is 2.38. The summed E-state index contributed by atoms with van der Waals surface area (Å²) in [5.74, 6) is -0.555. The van der Waals surface area contributed by atoms with Gasteiger partial charge in [-0.25, -0.2) is 4.79 Å². The van der Waals surface area contributed by atoms with E-state index in [0.29, 0.717) is 27.8 Å². The van der Waals surface area contributed by atoms with Crippen molar-refractivity contribution < 1.29 is 17.9 Å². The normalized spacial score (nSPS) is 18.0. The van der Waals surface area contributed by atoms with Crippen LogP contribution in [0.15, 0.2) is 16.6 Å². The maximum atomic E-state index is 12.4. The minimum atomic E-state index is -3.60. The molecule has 0 aliphatic carbocycles. The third-order valence-corrected chi connectivity index (χ3v) is 5.75. The van der Waals surface area contributed by atoms with Gasteiger partial charge >= 0.3 is 16.2 Å². The van der Waals surface area contributed by atoms with E-state index in [0.717, 1.165) is 4.31 Å². The first-order chi connectivity index (χ1) is 9.70. The molecule has 1 heterocycles. The Morgan fingerprint density at radius 2 is 2.05 bits per heavy atom. The summed E-state index contributed by atoms with van der Waals surface area (Å²) in [6.07, 6.45) is 0. The van der Waals surface area contributed by atoms with Crippen LogP contribution in [0.25, 0.3) is 0 Å². The lowest BCUT2D eigenvalue weighted by Crippen LogP contribution is -2.39. The molecule has 0 N–H and O–H groups in total. The fourth-order valence-corrected chi connectivity index (χ4v) is 4.11. The summed E-state index contributed by atoms with van der Waals surface area (Å²) in [6.45, 7) is 2.20. The average Bonchev–Trinajstić information content (AvgIpc) is 2.74. The molecular weight excluding hydrogens is 360 g/mol. The minimum absolute atomic E-state index is 0.0862. The number of hydrogen-bond donors (Lipinski definition) is 0. The van der Waals surface area contributed by atoms with Gasteiger partial charge in [-0.2, -0.15) is 12.7 Å². The van der Waals surface area contributed by atoms with Crippen molar-refractivity contribution in [2.24, 2.45) is 0 Å². The average molecular weight is 377 g/mol. The summed E-state index contributed by atoms with van der Waals surface area (Å²) in [6, 6.07) is 3.37. The first-order valence-electron chi connectivity index (χ1n) is 6.32. The van der Waals surface area contributed by atoms with Crippen LogP contribution in [0.2, 0.25) is 0 Å². The summed E-state index contributed by atoms with van der Waals surface area (Å²) >= 11 is 3.32. The van der Waals surface area contributed by atoms with Crippen molar-refractivity contribution in [3.05, 3.63) is 27.7 Å². The quantitative estimate of drug-likeness (QED) is 0.756. The monoisotopic (exact) mass is 376 g/mol. The molecule has 1 aromatic rings. The van der Waals surface area contributed by atoms with E-state index in [-0.39, 0.29) is 5.92 Å². The lowest BCUT2D eigenvalue weighted by molar-refractivity contribution is 0.0599. The van der Waals surface area contributed by atoms with E-state index >= 15 is 0 Å². The van der Waals surface area contributed by atoms with Gasteiger partial charge in [0.15, 0.2) is 0 Å². The Labute approximate surface area is 133 Å². The first kappa shape index (κ1) is 16.3. The molecular formula is C13H17BrN2O4S. The number of rotatable bonds is 3. The van der Waals surface area contributed by atoms with Crippen LogP contribution in [-0.2, 0) is 14.9 Å². The van der Waals surface area contributed by atoms with E-state index in [4.69, 9.17) is 4.74 Å². The molecule has 1 atom stereocenters. The molecule has 1 aliphatic heterocycles. The molecule has 0 fully saturated rings. The topological polar surface area (TPSA) is 66.9 Å². The van der Waals surface area contributed by atoms with Gasteiger partial charge in [-0.15, -0.1) is 0 Å². The Morgan fingerprint density at radius 3 is 2.57 bits per heavy atom. The molecule has 1 aromatic carbocycles. The molecule has 0 radical (unpaired) electrons. The van der Waals surface area contributed by atoms with E-state index in [1.807, 2.05) is 6.92 Å². The highest BCUT2D eigenvalue weighted by molar-refractivity contribution is 9.10. The van der Waals surface area contributed by atoms with Gasteiger partial charge in [-0.05, 0) is 17.7 Å². The van der Waals surface area contributed by atoms with E-state index in [9.17, 15) is 13.2 Å². The van der Waals surface area contributed by atoms with Crippen LogP contribution >= 0.6 is 15.9 Å². The van der Waals surface area contributed by atoms with Gasteiger partial charge < -0.3 is 4.74 Å². The summed E-state index contributed by atoms with van der Waals surface area (Å²) in [7, 11) is 0.681. The predicted octanol–water partition coefficient (Wildman–Crippen LogP) is 1.97. The molecule has 6 nitrogen and oxygen atoms in total. The summed E-state index contributed by atoms with van der Waals surface area (Å²) in [4.78, 5) is 11.9. The number of nitrogens with zero attached hydrogens (tertiary/aromatic N) is 2. The Morgan fingerprint density at radius 1 is 1.43 bits per heavy atom. The Balaban J connectivity index is 2.67. The molecule has 1 aliphatic rings. The van der Waals surface area contributed by atoms with Gasteiger partial charge in [0, 0.05) is 31.0 Å². The maximum absolute atomic E-state index is 12.4. The van der Waals surface area contributed by atoms with E-state index in [1.54, 1.807) is 12.1 Å². The Kier molecular flexibility index (Phi) is 4.32. The van der Waals surface area contributed by atoms with Crippen molar-refractivity contribution in [3.63, 3.8) is 0 Å². The van der Waals surface area contributed by atoms with Gasteiger partial charge in [0.2, 0.25) is 0 Å². The number of esters is 1. The number of methoxy groups -OCH3 is 1. The van der Waals surface area contributed by atoms with Crippen molar-refractivity contribution >= 4 is 37.8 Å². The van der Waals surface area contributed by atoms with E-state index < -0.39 is 16.2 Å². The maximum Gasteiger partial charge on any atom is 0.338 e. The smallest absolute Gasteiger partial charge is 0.338 e. The molecule has 2 rings (SSSR count). The zero-order chi connectivity index (χ0) is 15.9. The van der Waals surface area contributed by atoms with Crippen molar-refractivity contribution in [2.75, 3.05) is 32.1 Å². The number of hydrogen-bond acceptors (Lipinski definition) is 4.